The maximum Gasteiger partial charge on any atom is 0.321 e. The summed E-state index contributed by atoms with van der Waals surface area (Å²) in [5.74, 6) is 0. The molecule has 0 saturated heterocycles. The summed E-state index contributed by atoms with van der Waals surface area (Å²) in [5, 5.41) is 10.2. The quantitative estimate of drug-likeness (QED) is 0.427. The molecule has 28 heavy (non-hydrogen) atoms. The number of aromatic nitrogens is 1. The van der Waals surface area contributed by atoms with Crippen molar-refractivity contribution in [2.45, 2.75) is 13.0 Å². The van der Waals surface area contributed by atoms with Crippen molar-refractivity contribution in [3.8, 4) is 11.3 Å². The van der Waals surface area contributed by atoms with Crippen molar-refractivity contribution in [3.05, 3.63) is 93.5 Å². The molecule has 2 heterocycles. The van der Waals surface area contributed by atoms with Crippen LogP contribution >= 0.6 is 22.7 Å². The van der Waals surface area contributed by atoms with Gasteiger partial charge in [0.2, 0.25) is 0 Å². The molecule has 2 N–H and O–H groups in total. The number of hydrogen-bond donors (Lipinski definition) is 2. The zero-order valence-corrected chi connectivity index (χ0v) is 16.7. The summed E-state index contributed by atoms with van der Waals surface area (Å²) >= 11 is 3.04. The van der Waals surface area contributed by atoms with Gasteiger partial charge in [0.1, 0.15) is 0 Å². The number of hydrogen-bond acceptors (Lipinski definition) is 4. The number of thiazole rings is 1. The molecule has 0 fully saturated rings. The number of thiophene rings is 1. The van der Waals surface area contributed by atoms with Crippen molar-refractivity contribution >= 4 is 33.8 Å². The van der Waals surface area contributed by atoms with Crippen LogP contribution in [0.3, 0.4) is 0 Å². The Labute approximate surface area is 171 Å². The summed E-state index contributed by atoms with van der Waals surface area (Å²) in [6, 6.07) is 22.5. The lowest BCUT2D eigenvalue weighted by Crippen LogP contribution is -2.27. The molecule has 0 aliphatic carbocycles. The largest absolute Gasteiger partial charge is 0.333 e. The number of urea groups is 1. The van der Waals surface area contributed by atoms with Crippen LogP contribution in [0.4, 0.5) is 9.93 Å². The van der Waals surface area contributed by atoms with Crippen LogP contribution < -0.4 is 10.6 Å². The maximum atomic E-state index is 12.0. The van der Waals surface area contributed by atoms with Gasteiger partial charge in [-0.25, -0.2) is 9.78 Å². The van der Waals surface area contributed by atoms with Gasteiger partial charge in [-0.05, 0) is 29.0 Å². The Hall–Kier alpha value is -2.96. The van der Waals surface area contributed by atoms with Gasteiger partial charge in [-0.15, -0.1) is 22.7 Å². The van der Waals surface area contributed by atoms with Crippen molar-refractivity contribution in [2.24, 2.45) is 0 Å². The minimum Gasteiger partial charge on any atom is -0.333 e. The molecule has 140 valence electrons. The number of carbonyl (C=O) groups excluding carboxylic acids is 1. The molecule has 0 spiro atoms. The topological polar surface area (TPSA) is 54.0 Å². The minimum atomic E-state index is -0.243. The number of rotatable bonds is 6. The Morgan fingerprint density at radius 1 is 0.893 bits per heavy atom. The van der Waals surface area contributed by atoms with E-state index in [1.807, 2.05) is 29.0 Å². The Balaban J connectivity index is 1.35. The number of benzene rings is 2. The van der Waals surface area contributed by atoms with Crippen molar-refractivity contribution in [1.82, 2.24) is 10.3 Å². The van der Waals surface area contributed by atoms with E-state index in [1.54, 1.807) is 11.3 Å². The number of nitrogens with one attached hydrogen (secondary N) is 2. The molecule has 2 amide bonds. The fourth-order valence-corrected chi connectivity index (χ4v) is 4.17. The van der Waals surface area contributed by atoms with Gasteiger partial charge >= 0.3 is 6.03 Å². The summed E-state index contributed by atoms with van der Waals surface area (Å²) in [6.07, 6.45) is 0.912. The first kappa shape index (κ1) is 18.4. The lowest BCUT2D eigenvalue weighted by Gasteiger charge is -2.04. The normalized spacial score (nSPS) is 10.6. The maximum absolute atomic E-state index is 12.0. The Kier molecular flexibility index (Phi) is 5.80. The molecular formula is C22H19N3OS2. The molecule has 0 saturated carbocycles. The molecule has 6 heteroatoms. The van der Waals surface area contributed by atoms with E-state index in [0.717, 1.165) is 22.6 Å². The van der Waals surface area contributed by atoms with Crippen LogP contribution in [0.25, 0.3) is 11.3 Å². The van der Waals surface area contributed by atoms with E-state index in [-0.39, 0.29) is 6.03 Å². The van der Waals surface area contributed by atoms with Crippen LogP contribution in [0.5, 0.6) is 0 Å². The Morgan fingerprint density at radius 3 is 2.43 bits per heavy atom. The van der Waals surface area contributed by atoms with Crippen LogP contribution in [0, 0.1) is 0 Å². The van der Waals surface area contributed by atoms with Gasteiger partial charge < -0.3 is 5.32 Å². The number of anilines is 1. The zero-order valence-electron chi connectivity index (χ0n) is 15.1. The van der Waals surface area contributed by atoms with E-state index in [4.69, 9.17) is 0 Å². The molecular weight excluding hydrogens is 386 g/mol. The van der Waals surface area contributed by atoms with Crippen LogP contribution in [0.1, 0.15) is 16.0 Å². The van der Waals surface area contributed by atoms with Gasteiger partial charge in [-0.2, -0.15) is 0 Å². The molecule has 4 aromatic rings. The van der Waals surface area contributed by atoms with E-state index in [1.165, 1.54) is 22.5 Å². The first-order valence-electron chi connectivity index (χ1n) is 8.92. The number of nitrogens with zero attached hydrogens (tertiary/aromatic N) is 1. The highest BCUT2D eigenvalue weighted by atomic mass is 32.1. The summed E-state index contributed by atoms with van der Waals surface area (Å²) in [4.78, 5) is 17.7. The van der Waals surface area contributed by atoms with Gasteiger partial charge in [0.15, 0.2) is 5.13 Å². The minimum absolute atomic E-state index is 0.243. The van der Waals surface area contributed by atoms with E-state index in [9.17, 15) is 4.79 Å². The second-order valence-corrected chi connectivity index (χ2v) is 8.17. The fraction of sp³-hybridized carbons (Fsp3) is 0.0909. The van der Waals surface area contributed by atoms with Crippen LogP contribution in [-0.4, -0.2) is 11.0 Å². The summed E-state index contributed by atoms with van der Waals surface area (Å²) in [5.41, 5.74) is 4.46. The highest BCUT2D eigenvalue weighted by Gasteiger charge is 2.08. The van der Waals surface area contributed by atoms with Crippen molar-refractivity contribution < 1.29 is 4.79 Å². The third-order valence-electron chi connectivity index (χ3n) is 4.23. The molecule has 2 aromatic carbocycles. The third kappa shape index (κ3) is 4.85. The van der Waals surface area contributed by atoms with Crippen molar-refractivity contribution in [3.63, 3.8) is 0 Å². The molecule has 2 aromatic heterocycles. The van der Waals surface area contributed by atoms with E-state index >= 15 is 0 Å². The molecule has 0 aliphatic heterocycles. The van der Waals surface area contributed by atoms with Gasteiger partial charge in [-0.3, -0.25) is 5.32 Å². The second-order valence-electron chi connectivity index (χ2n) is 6.28. The monoisotopic (exact) mass is 405 g/mol. The van der Waals surface area contributed by atoms with Gasteiger partial charge in [0, 0.05) is 15.8 Å². The highest BCUT2D eigenvalue weighted by Crippen LogP contribution is 2.25. The van der Waals surface area contributed by atoms with Crippen LogP contribution in [-0.2, 0) is 13.0 Å². The fourth-order valence-electron chi connectivity index (χ4n) is 2.81. The van der Waals surface area contributed by atoms with Crippen molar-refractivity contribution in [1.29, 1.82) is 0 Å². The number of amides is 2. The molecule has 0 aliphatic rings. The molecule has 0 atom stereocenters. The SMILES string of the molecule is O=C(NCc1cccs1)Nc1nc(-c2ccc(Cc3ccccc3)cc2)cs1. The van der Waals surface area contributed by atoms with Crippen LogP contribution in [0.2, 0.25) is 0 Å². The van der Waals surface area contributed by atoms with Crippen LogP contribution in [0.15, 0.2) is 77.5 Å². The van der Waals surface area contributed by atoms with E-state index in [0.29, 0.717) is 11.7 Å². The van der Waals surface area contributed by atoms with E-state index < -0.39 is 0 Å². The van der Waals surface area contributed by atoms with E-state index in [2.05, 4.69) is 64.1 Å². The summed E-state index contributed by atoms with van der Waals surface area (Å²) in [6.45, 7) is 0.518. The lowest BCUT2D eigenvalue weighted by molar-refractivity contribution is 0.252. The Bertz CT molecular complexity index is 1030. The highest BCUT2D eigenvalue weighted by molar-refractivity contribution is 7.14. The lowest BCUT2D eigenvalue weighted by atomic mass is 10.0. The first-order chi connectivity index (χ1) is 13.8. The smallest absolute Gasteiger partial charge is 0.321 e. The number of carbonyl (C=O) groups is 1. The second kappa shape index (κ2) is 8.82. The summed E-state index contributed by atoms with van der Waals surface area (Å²) in [7, 11) is 0. The first-order valence-corrected chi connectivity index (χ1v) is 10.7. The molecule has 0 unspecified atom stereocenters. The molecule has 0 bridgehead atoms. The standard InChI is InChI=1S/C22H19N3OS2/c26-21(23-14-19-7-4-12-27-19)25-22-24-20(15-28-22)18-10-8-17(9-11-18)13-16-5-2-1-3-6-16/h1-12,15H,13-14H2,(H2,23,24,25,26). The van der Waals surface area contributed by atoms with Gasteiger partial charge in [0.05, 0.1) is 12.2 Å². The average molecular weight is 406 g/mol. The molecule has 4 nitrogen and oxygen atoms in total. The van der Waals surface area contributed by atoms with Gasteiger partial charge in [-0.1, -0.05) is 60.7 Å². The van der Waals surface area contributed by atoms with Crippen molar-refractivity contribution in [2.75, 3.05) is 5.32 Å². The third-order valence-corrected chi connectivity index (χ3v) is 5.86. The van der Waals surface area contributed by atoms with Gasteiger partial charge in [0.25, 0.3) is 0 Å². The average Bonchev–Trinajstić information content (AvgIpc) is 3.40. The molecule has 0 radical (unpaired) electrons. The zero-order chi connectivity index (χ0) is 19.2. The predicted octanol–water partition coefficient (Wildman–Crippen LogP) is 5.78. The summed E-state index contributed by atoms with van der Waals surface area (Å²) < 4.78 is 0. The Morgan fingerprint density at radius 2 is 1.68 bits per heavy atom. The predicted molar refractivity (Wildman–Crippen MR) is 117 cm³/mol. The molecule has 4 rings (SSSR count).